The van der Waals surface area contributed by atoms with E-state index in [1.807, 2.05) is 52.8 Å². The lowest BCUT2D eigenvalue weighted by Gasteiger charge is -2.16. The van der Waals surface area contributed by atoms with E-state index in [1.54, 1.807) is 6.20 Å². The van der Waals surface area contributed by atoms with Crippen LogP contribution in [0.15, 0.2) is 42.7 Å². The molecule has 0 saturated heterocycles. The highest BCUT2D eigenvalue weighted by Gasteiger charge is 2.34. The highest BCUT2D eigenvalue weighted by Crippen LogP contribution is 2.28. The van der Waals surface area contributed by atoms with Crippen LogP contribution in [0.4, 0.5) is 0 Å². The Morgan fingerprint density at radius 3 is 3.00 bits per heavy atom. The predicted octanol–water partition coefficient (Wildman–Crippen LogP) is 2.60. The molecule has 6 nitrogen and oxygen atoms in total. The summed E-state index contributed by atoms with van der Waals surface area (Å²) in [5.41, 5.74) is 1.51. The van der Waals surface area contributed by atoms with Crippen LogP contribution < -0.4 is 5.32 Å². The Morgan fingerprint density at radius 1 is 1.38 bits per heavy atom. The summed E-state index contributed by atoms with van der Waals surface area (Å²) >= 11 is 6.04. The Hall–Kier alpha value is -2.31. The lowest BCUT2D eigenvalue weighted by Crippen LogP contribution is -2.40. The third-order valence-corrected chi connectivity index (χ3v) is 5.42. The molecule has 26 heavy (non-hydrogen) atoms. The summed E-state index contributed by atoms with van der Waals surface area (Å²) in [7, 11) is 1.86. The molecule has 1 fully saturated rings. The average Bonchev–Trinajstić information content (AvgIpc) is 3.29. The molecule has 2 heterocycles. The second-order valence-electron chi connectivity index (χ2n) is 7.00. The zero-order valence-corrected chi connectivity index (χ0v) is 15.2. The molecule has 7 heteroatoms. The van der Waals surface area contributed by atoms with Gasteiger partial charge in [-0.3, -0.25) is 9.48 Å². The number of aliphatic hydroxyl groups excluding tert-OH is 1. The van der Waals surface area contributed by atoms with Crippen LogP contribution in [0.5, 0.6) is 0 Å². The molecule has 2 N–H and O–H groups in total. The van der Waals surface area contributed by atoms with Gasteiger partial charge in [-0.15, -0.1) is 0 Å². The van der Waals surface area contributed by atoms with E-state index in [0.717, 1.165) is 23.9 Å². The van der Waals surface area contributed by atoms with Gasteiger partial charge in [-0.1, -0.05) is 11.6 Å². The van der Waals surface area contributed by atoms with Gasteiger partial charge >= 0.3 is 0 Å². The molecule has 0 bridgehead atoms. The number of aliphatic hydroxyl groups is 1. The van der Waals surface area contributed by atoms with Crippen LogP contribution in [0.1, 0.15) is 23.3 Å². The van der Waals surface area contributed by atoms with Crippen LogP contribution in [0.3, 0.4) is 0 Å². The summed E-state index contributed by atoms with van der Waals surface area (Å²) in [4.78, 5) is 12.8. The standard InChI is InChI=1S/C19H21ClN4O2/c1-23-16-4-3-14(20)9-13(16)10-17(23)19(26)22-15-7-12(8-18(15)25)11-24-6-2-5-21-24/h2-6,9-10,12,15,18,25H,7-8,11H2,1H3,(H,22,26)/t12?,15-,18-/m1/s1. The first kappa shape index (κ1) is 17.1. The molecule has 3 atom stereocenters. The molecule has 136 valence electrons. The molecule has 1 saturated carbocycles. The van der Waals surface area contributed by atoms with Crippen molar-refractivity contribution < 1.29 is 9.90 Å². The number of aromatic nitrogens is 3. The Balaban J connectivity index is 1.47. The van der Waals surface area contributed by atoms with Gasteiger partial charge in [-0.2, -0.15) is 5.10 Å². The van der Waals surface area contributed by atoms with E-state index in [1.165, 1.54) is 0 Å². The van der Waals surface area contributed by atoms with Crippen LogP contribution >= 0.6 is 11.6 Å². The smallest absolute Gasteiger partial charge is 0.268 e. The Bertz CT molecular complexity index is 935. The second kappa shape index (κ2) is 6.78. The summed E-state index contributed by atoms with van der Waals surface area (Å²) in [5, 5.41) is 19.1. The van der Waals surface area contributed by atoms with Gasteiger partial charge in [-0.25, -0.2) is 0 Å². The summed E-state index contributed by atoms with van der Waals surface area (Å²) in [6.45, 7) is 0.753. The molecule has 4 rings (SSSR count). The Labute approximate surface area is 156 Å². The first-order chi connectivity index (χ1) is 12.5. The van der Waals surface area contributed by atoms with E-state index in [-0.39, 0.29) is 11.9 Å². The van der Waals surface area contributed by atoms with Crippen LogP contribution in [0, 0.1) is 5.92 Å². The number of benzene rings is 1. The van der Waals surface area contributed by atoms with Crippen molar-refractivity contribution in [1.82, 2.24) is 19.7 Å². The number of carbonyl (C=O) groups excluding carboxylic acids is 1. The number of fused-ring (bicyclic) bond motifs is 1. The van der Waals surface area contributed by atoms with Crippen molar-refractivity contribution in [2.75, 3.05) is 0 Å². The molecule has 1 aliphatic carbocycles. The molecule has 1 amide bonds. The third-order valence-electron chi connectivity index (χ3n) is 5.18. The van der Waals surface area contributed by atoms with Crippen molar-refractivity contribution >= 4 is 28.4 Å². The molecule has 1 aliphatic rings. The molecule has 3 aromatic rings. The molecule has 0 spiro atoms. The van der Waals surface area contributed by atoms with Gasteiger partial charge in [0.25, 0.3) is 5.91 Å². The maximum atomic E-state index is 12.8. The highest BCUT2D eigenvalue weighted by molar-refractivity contribution is 6.31. The van der Waals surface area contributed by atoms with Crippen molar-refractivity contribution in [3.05, 3.63) is 53.4 Å². The molecule has 0 aliphatic heterocycles. The minimum atomic E-state index is -0.538. The van der Waals surface area contributed by atoms with Gasteiger partial charge in [0.2, 0.25) is 0 Å². The van der Waals surface area contributed by atoms with Crippen molar-refractivity contribution in [1.29, 1.82) is 0 Å². The predicted molar refractivity (Wildman–Crippen MR) is 100 cm³/mol. The number of carbonyl (C=O) groups is 1. The van der Waals surface area contributed by atoms with Crippen LogP contribution in [-0.2, 0) is 13.6 Å². The molecular formula is C19H21ClN4O2. The van der Waals surface area contributed by atoms with Crippen molar-refractivity contribution in [2.45, 2.75) is 31.5 Å². The quantitative estimate of drug-likeness (QED) is 0.739. The van der Waals surface area contributed by atoms with Crippen molar-refractivity contribution in [2.24, 2.45) is 13.0 Å². The van der Waals surface area contributed by atoms with E-state index in [2.05, 4.69) is 10.4 Å². The van der Waals surface area contributed by atoms with Gasteiger partial charge < -0.3 is 15.0 Å². The lowest BCUT2D eigenvalue weighted by molar-refractivity contribution is 0.0865. The number of nitrogens with one attached hydrogen (secondary N) is 1. The fourth-order valence-electron chi connectivity index (χ4n) is 3.88. The number of nitrogens with zero attached hydrogens (tertiary/aromatic N) is 3. The van der Waals surface area contributed by atoms with Crippen LogP contribution in [-0.4, -0.2) is 37.5 Å². The van der Waals surface area contributed by atoms with E-state index in [0.29, 0.717) is 23.1 Å². The first-order valence-electron chi connectivity index (χ1n) is 8.72. The lowest BCUT2D eigenvalue weighted by atomic mass is 10.1. The topological polar surface area (TPSA) is 72.1 Å². The van der Waals surface area contributed by atoms with Gasteiger partial charge in [0.1, 0.15) is 5.69 Å². The maximum absolute atomic E-state index is 12.8. The molecule has 2 aromatic heterocycles. The van der Waals surface area contributed by atoms with Crippen molar-refractivity contribution in [3.63, 3.8) is 0 Å². The summed E-state index contributed by atoms with van der Waals surface area (Å²) in [6, 6.07) is 9.03. The maximum Gasteiger partial charge on any atom is 0.268 e. The molecular weight excluding hydrogens is 352 g/mol. The number of hydrogen-bond acceptors (Lipinski definition) is 3. The number of halogens is 1. The fourth-order valence-corrected chi connectivity index (χ4v) is 4.06. The average molecular weight is 373 g/mol. The summed E-state index contributed by atoms with van der Waals surface area (Å²) < 4.78 is 3.72. The van der Waals surface area contributed by atoms with E-state index in [4.69, 9.17) is 11.6 Å². The van der Waals surface area contributed by atoms with Gasteiger partial charge in [0.05, 0.1) is 12.1 Å². The minimum Gasteiger partial charge on any atom is -0.391 e. The fraction of sp³-hybridized carbons (Fsp3) is 0.368. The number of amides is 1. The minimum absolute atomic E-state index is 0.177. The van der Waals surface area contributed by atoms with E-state index in [9.17, 15) is 9.90 Å². The third kappa shape index (κ3) is 3.22. The van der Waals surface area contributed by atoms with Crippen molar-refractivity contribution in [3.8, 4) is 0 Å². The molecule has 1 aromatic carbocycles. The first-order valence-corrected chi connectivity index (χ1v) is 9.10. The second-order valence-corrected chi connectivity index (χ2v) is 7.44. The normalized spacial score (nSPS) is 22.8. The van der Waals surface area contributed by atoms with Gasteiger partial charge in [0.15, 0.2) is 0 Å². The SMILES string of the molecule is Cn1c(C(=O)N[C@@H]2CC(Cn3cccn3)C[C@H]2O)cc2cc(Cl)ccc21. The monoisotopic (exact) mass is 372 g/mol. The van der Waals surface area contributed by atoms with Crippen LogP contribution in [0.25, 0.3) is 10.9 Å². The molecule has 1 unspecified atom stereocenters. The Morgan fingerprint density at radius 2 is 2.23 bits per heavy atom. The number of hydrogen-bond donors (Lipinski definition) is 2. The Kier molecular flexibility index (Phi) is 4.46. The zero-order chi connectivity index (χ0) is 18.3. The van der Waals surface area contributed by atoms with E-state index < -0.39 is 6.10 Å². The zero-order valence-electron chi connectivity index (χ0n) is 14.5. The summed E-state index contributed by atoms with van der Waals surface area (Å²) in [6.07, 6.45) is 4.53. The molecule has 0 radical (unpaired) electrons. The van der Waals surface area contributed by atoms with Gasteiger partial charge in [0, 0.05) is 41.9 Å². The largest absolute Gasteiger partial charge is 0.391 e. The van der Waals surface area contributed by atoms with Gasteiger partial charge in [-0.05, 0) is 49.1 Å². The summed E-state index contributed by atoms with van der Waals surface area (Å²) in [5.74, 6) is 0.116. The van der Waals surface area contributed by atoms with E-state index >= 15 is 0 Å². The number of aryl methyl sites for hydroxylation is 1. The number of rotatable bonds is 4. The highest BCUT2D eigenvalue weighted by atomic mass is 35.5. The van der Waals surface area contributed by atoms with Crippen LogP contribution in [0.2, 0.25) is 5.02 Å².